The van der Waals surface area contributed by atoms with Crippen LogP contribution in [0.15, 0.2) is 30.3 Å². The van der Waals surface area contributed by atoms with Gasteiger partial charge in [-0.05, 0) is 5.56 Å². The van der Waals surface area contributed by atoms with Gasteiger partial charge in [0.15, 0.2) is 0 Å². The van der Waals surface area contributed by atoms with E-state index in [1.165, 1.54) is 31.0 Å². The molecule has 1 saturated heterocycles. The van der Waals surface area contributed by atoms with Gasteiger partial charge in [-0.3, -0.25) is 0 Å². The lowest BCUT2D eigenvalue weighted by Crippen LogP contribution is -2.40. The maximum atomic E-state index is 3.52. The first-order valence-corrected chi connectivity index (χ1v) is 7.48. The Morgan fingerprint density at radius 3 is 2.94 bits per heavy atom. The molecule has 0 radical (unpaired) electrons. The van der Waals surface area contributed by atoms with Crippen molar-refractivity contribution in [2.24, 2.45) is 0 Å². The first-order valence-electron chi connectivity index (χ1n) is 6.43. The zero-order valence-corrected chi connectivity index (χ0v) is 11.4. The highest BCUT2D eigenvalue weighted by molar-refractivity contribution is 7.99. The minimum absolute atomic E-state index is 0.804. The van der Waals surface area contributed by atoms with Crippen LogP contribution in [0.25, 0.3) is 0 Å². The third-order valence-corrected chi connectivity index (χ3v) is 4.24. The Morgan fingerprint density at radius 2 is 2.18 bits per heavy atom. The zero-order chi connectivity index (χ0) is 11.9. The largest absolute Gasteiger partial charge is 0.311 e. The van der Waals surface area contributed by atoms with Gasteiger partial charge < -0.3 is 10.2 Å². The lowest BCUT2D eigenvalue weighted by Gasteiger charge is -2.30. The molecule has 0 aliphatic carbocycles. The molecule has 2 nitrogen and oxygen atoms in total. The van der Waals surface area contributed by atoms with Crippen molar-refractivity contribution < 1.29 is 0 Å². The number of hydrogen-bond acceptors (Lipinski definition) is 3. The molecule has 1 aliphatic rings. The summed E-state index contributed by atoms with van der Waals surface area (Å²) in [6, 6.07) is 10.6. The highest BCUT2D eigenvalue weighted by atomic mass is 32.2. The molecule has 1 N–H and O–H groups in total. The quantitative estimate of drug-likeness (QED) is 0.807. The smallest absolute Gasteiger partial charge is 0.0206 e. The summed E-state index contributed by atoms with van der Waals surface area (Å²) in [6.07, 6.45) is 0. The molecule has 0 amide bonds. The topological polar surface area (TPSA) is 15.3 Å². The first-order chi connectivity index (χ1) is 8.34. The Balaban J connectivity index is 1.60. The van der Waals surface area contributed by atoms with Crippen molar-refractivity contribution in [3.05, 3.63) is 35.9 Å². The van der Waals surface area contributed by atoms with Crippen LogP contribution in [0.5, 0.6) is 0 Å². The van der Waals surface area contributed by atoms with Gasteiger partial charge in [-0.15, -0.1) is 0 Å². The van der Waals surface area contributed by atoms with E-state index in [2.05, 4.69) is 59.2 Å². The van der Waals surface area contributed by atoms with E-state index in [1.54, 1.807) is 0 Å². The summed E-state index contributed by atoms with van der Waals surface area (Å²) in [5, 5.41) is 4.32. The minimum Gasteiger partial charge on any atom is -0.311 e. The molecule has 1 aromatic carbocycles. The van der Waals surface area contributed by atoms with Crippen molar-refractivity contribution in [3.8, 4) is 0 Å². The summed E-state index contributed by atoms with van der Waals surface area (Å²) in [6.45, 7) is 8.08. The fourth-order valence-corrected chi connectivity index (χ4v) is 3.24. The number of rotatable bonds is 5. The maximum absolute atomic E-state index is 3.52. The van der Waals surface area contributed by atoms with E-state index in [4.69, 9.17) is 0 Å². The molecule has 1 atom stereocenters. The average molecular weight is 250 g/mol. The minimum atomic E-state index is 0.804. The van der Waals surface area contributed by atoms with Gasteiger partial charge in [-0.1, -0.05) is 37.3 Å². The van der Waals surface area contributed by atoms with E-state index in [0.29, 0.717) is 0 Å². The Labute approximate surface area is 109 Å². The standard InChI is InChI=1S/C14H22N2S/c1-13-12-16(9-10-17-13)8-7-15-11-14-5-3-2-4-6-14/h2-6,13,15H,7-12H2,1H3. The summed E-state index contributed by atoms with van der Waals surface area (Å²) in [4.78, 5) is 2.57. The lowest BCUT2D eigenvalue weighted by molar-refractivity contribution is 0.285. The molecule has 1 fully saturated rings. The highest BCUT2D eigenvalue weighted by Gasteiger charge is 2.15. The van der Waals surface area contributed by atoms with E-state index in [1.807, 2.05) is 0 Å². The molecule has 3 heteroatoms. The zero-order valence-electron chi connectivity index (χ0n) is 10.6. The van der Waals surface area contributed by atoms with Gasteiger partial charge in [0.05, 0.1) is 0 Å². The summed E-state index contributed by atoms with van der Waals surface area (Å²) < 4.78 is 0. The van der Waals surface area contributed by atoms with Gasteiger partial charge >= 0.3 is 0 Å². The monoisotopic (exact) mass is 250 g/mol. The SMILES string of the molecule is CC1CN(CCNCc2ccccc2)CCS1. The van der Waals surface area contributed by atoms with Crippen molar-refractivity contribution in [1.29, 1.82) is 0 Å². The van der Waals surface area contributed by atoms with E-state index in [-0.39, 0.29) is 0 Å². The number of nitrogens with one attached hydrogen (secondary N) is 1. The van der Waals surface area contributed by atoms with E-state index in [9.17, 15) is 0 Å². The molecule has 2 rings (SSSR count). The molecule has 1 aliphatic heterocycles. The van der Waals surface area contributed by atoms with Crippen LogP contribution < -0.4 is 5.32 Å². The van der Waals surface area contributed by atoms with Gasteiger partial charge in [-0.25, -0.2) is 0 Å². The van der Waals surface area contributed by atoms with Crippen molar-refractivity contribution in [1.82, 2.24) is 10.2 Å². The molecule has 0 aromatic heterocycles. The molecular formula is C14H22N2S. The summed E-state index contributed by atoms with van der Waals surface area (Å²) in [7, 11) is 0. The first kappa shape index (κ1) is 12.9. The second-order valence-electron chi connectivity index (χ2n) is 4.64. The summed E-state index contributed by atoms with van der Waals surface area (Å²) in [5.41, 5.74) is 1.37. The fraction of sp³-hybridized carbons (Fsp3) is 0.571. The second kappa shape index (κ2) is 7.04. The second-order valence-corrected chi connectivity index (χ2v) is 6.19. The van der Waals surface area contributed by atoms with Gasteiger partial charge in [0.1, 0.15) is 0 Å². The molecular weight excluding hydrogens is 228 g/mol. The third-order valence-electron chi connectivity index (χ3n) is 3.10. The van der Waals surface area contributed by atoms with Crippen LogP contribution in [0.4, 0.5) is 0 Å². The Kier molecular flexibility index (Phi) is 5.36. The van der Waals surface area contributed by atoms with Crippen LogP contribution in [0, 0.1) is 0 Å². The van der Waals surface area contributed by atoms with Crippen LogP contribution in [0.1, 0.15) is 12.5 Å². The van der Waals surface area contributed by atoms with Crippen molar-refractivity contribution in [2.75, 3.05) is 31.9 Å². The predicted octanol–water partition coefficient (Wildman–Crippen LogP) is 2.21. The number of thioether (sulfide) groups is 1. The van der Waals surface area contributed by atoms with Crippen LogP contribution in [0.2, 0.25) is 0 Å². The average Bonchev–Trinajstić information content (AvgIpc) is 2.36. The maximum Gasteiger partial charge on any atom is 0.0206 e. The normalized spacial score (nSPS) is 21.6. The summed E-state index contributed by atoms with van der Waals surface area (Å²) >= 11 is 2.10. The Morgan fingerprint density at radius 1 is 1.35 bits per heavy atom. The molecule has 17 heavy (non-hydrogen) atoms. The lowest BCUT2D eigenvalue weighted by atomic mass is 10.2. The van der Waals surface area contributed by atoms with E-state index >= 15 is 0 Å². The number of benzene rings is 1. The predicted molar refractivity (Wildman–Crippen MR) is 76.5 cm³/mol. The molecule has 1 heterocycles. The van der Waals surface area contributed by atoms with Gasteiger partial charge in [0, 0.05) is 43.7 Å². The highest BCUT2D eigenvalue weighted by Crippen LogP contribution is 2.16. The van der Waals surface area contributed by atoms with Crippen LogP contribution >= 0.6 is 11.8 Å². The molecule has 0 spiro atoms. The van der Waals surface area contributed by atoms with Crippen molar-refractivity contribution in [2.45, 2.75) is 18.7 Å². The van der Waals surface area contributed by atoms with Gasteiger partial charge in [0.25, 0.3) is 0 Å². The Bertz CT molecular complexity index is 315. The fourth-order valence-electron chi connectivity index (χ4n) is 2.16. The van der Waals surface area contributed by atoms with Crippen LogP contribution in [-0.4, -0.2) is 42.1 Å². The molecule has 94 valence electrons. The molecule has 0 saturated carbocycles. The summed E-state index contributed by atoms with van der Waals surface area (Å²) in [5.74, 6) is 1.29. The van der Waals surface area contributed by atoms with Gasteiger partial charge in [-0.2, -0.15) is 11.8 Å². The van der Waals surface area contributed by atoms with E-state index < -0.39 is 0 Å². The molecule has 1 aromatic rings. The van der Waals surface area contributed by atoms with Crippen molar-refractivity contribution >= 4 is 11.8 Å². The van der Waals surface area contributed by atoms with Crippen LogP contribution in [0.3, 0.4) is 0 Å². The van der Waals surface area contributed by atoms with Crippen LogP contribution in [-0.2, 0) is 6.54 Å². The van der Waals surface area contributed by atoms with Gasteiger partial charge in [0.2, 0.25) is 0 Å². The number of hydrogen-bond donors (Lipinski definition) is 1. The van der Waals surface area contributed by atoms with Crippen molar-refractivity contribution in [3.63, 3.8) is 0 Å². The molecule has 1 unspecified atom stereocenters. The Hall–Kier alpha value is -0.510. The number of nitrogens with zero attached hydrogens (tertiary/aromatic N) is 1. The molecule has 0 bridgehead atoms. The third kappa shape index (κ3) is 4.70. The van der Waals surface area contributed by atoms with E-state index in [0.717, 1.165) is 18.3 Å².